The lowest BCUT2D eigenvalue weighted by molar-refractivity contribution is -0.312. The van der Waals surface area contributed by atoms with Crippen LogP contribution in [0.2, 0.25) is 0 Å². The van der Waals surface area contributed by atoms with Gasteiger partial charge in [0.25, 0.3) is 0 Å². The van der Waals surface area contributed by atoms with Gasteiger partial charge in [0.15, 0.2) is 0 Å². The molecule has 3 atom stereocenters. The van der Waals surface area contributed by atoms with Gasteiger partial charge in [-0.2, -0.15) is 17.6 Å². The maximum Gasteiger partial charge on any atom is 0.361 e. The maximum atomic E-state index is 14.6. The Morgan fingerprint density at radius 2 is 1.37 bits per heavy atom. The highest BCUT2D eigenvalue weighted by Gasteiger charge is 2.50. The van der Waals surface area contributed by atoms with Gasteiger partial charge in [-0.05, 0) is 56.8 Å². The predicted octanol–water partition coefficient (Wildman–Crippen LogP) is 6.48. The highest BCUT2D eigenvalue weighted by atomic mass is 19.3. The van der Waals surface area contributed by atoms with Gasteiger partial charge in [0.1, 0.15) is 6.17 Å². The average Bonchev–Trinajstić information content (AvgIpc) is 2.63. The van der Waals surface area contributed by atoms with Crippen molar-refractivity contribution < 1.29 is 31.4 Å². The van der Waals surface area contributed by atoms with Crippen LogP contribution in [0.4, 0.5) is 22.0 Å². The van der Waals surface area contributed by atoms with E-state index in [1.165, 1.54) is 19.3 Å². The second-order valence-corrected chi connectivity index (χ2v) is 8.57. The minimum Gasteiger partial charge on any atom is -0.320 e. The molecule has 0 heterocycles. The summed E-state index contributed by atoms with van der Waals surface area (Å²) < 4.78 is 77.8. The standard InChI is InChI=1S/C20H31F5O2/c21-18-12-14(13-4-2-1-3-5-13)6-11-17(18)20(24,25)27-16-9-7-15(8-10-16)26-19(22)23/h13-19H,1-12H2. The van der Waals surface area contributed by atoms with Crippen molar-refractivity contribution in [2.75, 3.05) is 0 Å². The third-order valence-corrected chi connectivity index (χ3v) is 6.80. The van der Waals surface area contributed by atoms with Crippen molar-refractivity contribution in [1.82, 2.24) is 0 Å². The Kier molecular flexibility index (Phi) is 7.39. The summed E-state index contributed by atoms with van der Waals surface area (Å²) in [6.07, 6.45) is 1.37. The number of rotatable bonds is 6. The Morgan fingerprint density at radius 1 is 0.741 bits per heavy atom. The van der Waals surface area contributed by atoms with Gasteiger partial charge in [-0.25, -0.2) is 4.39 Å². The van der Waals surface area contributed by atoms with Gasteiger partial charge in [0.05, 0.1) is 18.1 Å². The lowest BCUT2D eigenvalue weighted by Gasteiger charge is -2.41. The smallest absolute Gasteiger partial charge is 0.320 e. The molecule has 158 valence electrons. The first-order valence-corrected chi connectivity index (χ1v) is 10.5. The molecule has 0 N–H and O–H groups in total. The summed E-state index contributed by atoms with van der Waals surface area (Å²) in [5.74, 6) is -0.695. The van der Waals surface area contributed by atoms with Gasteiger partial charge in [0, 0.05) is 0 Å². The number of hydrogen-bond acceptors (Lipinski definition) is 2. The molecule has 0 saturated heterocycles. The second kappa shape index (κ2) is 9.38. The highest BCUT2D eigenvalue weighted by Crippen LogP contribution is 2.46. The van der Waals surface area contributed by atoms with Crippen LogP contribution in [0.5, 0.6) is 0 Å². The first-order chi connectivity index (χ1) is 12.8. The maximum absolute atomic E-state index is 14.6. The Morgan fingerprint density at radius 3 is 1.96 bits per heavy atom. The van der Waals surface area contributed by atoms with E-state index < -0.39 is 37.0 Å². The van der Waals surface area contributed by atoms with Crippen LogP contribution >= 0.6 is 0 Å². The van der Waals surface area contributed by atoms with Gasteiger partial charge >= 0.3 is 12.7 Å². The minimum absolute atomic E-state index is 0.152. The fraction of sp³-hybridized carbons (Fsp3) is 1.00. The summed E-state index contributed by atoms with van der Waals surface area (Å²) >= 11 is 0. The van der Waals surface area contributed by atoms with E-state index in [1.54, 1.807) is 0 Å². The van der Waals surface area contributed by atoms with Crippen molar-refractivity contribution in [3.05, 3.63) is 0 Å². The van der Waals surface area contributed by atoms with E-state index in [1.807, 2.05) is 0 Å². The molecule has 3 rings (SSSR count). The number of hydrogen-bond donors (Lipinski definition) is 0. The van der Waals surface area contributed by atoms with E-state index in [9.17, 15) is 22.0 Å². The molecule has 2 nitrogen and oxygen atoms in total. The molecule has 0 aromatic heterocycles. The molecule has 3 saturated carbocycles. The zero-order chi connectivity index (χ0) is 19.4. The van der Waals surface area contributed by atoms with Crippen LogP contribution in [0.15, 0.2) is 0 Å². The quantitative estimate of drug-likeness (QED) is 0.477. The van der Waals surface area contributed by atoms with Crippen LogP contribution < -0.4 is 0 Å². The molecule has 0 spiro atoms. The van der Waals surface area contributed by atoms with E-state index in [4.69, 9.17) is 4.74 Å². The van der Waals surface area contributed by atoms with Crippen molar-refractivity contribution >= 4 is 0 Å². The van der Waals surface area contributed by atoms with Crippen molar-refractivity contribution in [2.24, 2.45) is 17.8 Å². The lowest BCUT2D eigenvalue weighted by Crippen LogP contribution is -2.45. The summed E-state index contributed by atoms with van der Waals surface area (Å²) in [5.41, 5.74) is 0. The van der Waals surface area contributed by atoms with E-state index >= 15 is 0 Å². The van der Waals surface area contributed by atoms with Gasteiger partial charge < -0.3 is 9.47 Å². The van der Waals surface area contributed by atoms with Gasteiger partial charge in [-0.1, -0.05) is 32.1 Å². The molecule has 0 radical (unpaired) electrons. The summed E-state index contributed by atoms with van der Waals surface area (Å²) in [4.78, 5) is 0. The first-order valence-electron chi connectivity index (χ1n) is 10.5. The largest absolute Gasteiger partial charge is 0.361 e. The summed E-state index contributed by atoms with van der Waals surface area (Å²) in [5, 5.41) is 0. The van der Waals surface area contributed by atoms with Crippen molar-refractivity contribution in [3.8, 4) is 0 Å². The molecule has 3 aliphatic rings. The SMILES string of the molecule is FC(F)OC1CCC(OC(F)(F)C2CCC(C3CCCCC3)CC2F)CC1. The van der Waals surface area contributed by atoms with Crippen molar-refractivity contribution in [3.63, 3.8) is 0 Å². The lowest BCUT2D eigenvalue weighted by atomic mass is 9.70. The molecule has 0 bridgehead atoms. The summed E-state index contributed by atoms with van der Waals surface area (Å²) in [6, 6.07) is 0. The minimum atomic E-state index is -3.50. The van der Waals surface area contributed by atoms with Crippen LogP contribution in [-0.2, 0) is 9.47 Å². The molecular weight excluding hydrogens is 367 g/mol. The predicted molar refractivity (Wildman–Crippen MR) is 91.5 cm³/mol. The Balaban J connectivity index is 1.47. The fourth-order valence-electron chi connectivity index (χ4n) is 5.30. The van der Waals surface area contributed by atoms with Crippen molar-refractivity contribution in [1.29, 1.82) is 0 Å². The molecule has 0 aliphatic heterocycles. The van der Waals surface area contributed by atoms with Gasteiger partial charge in [-0.15, -0.1) is 0 Å². The molecule has 0 aromatic rings. The average molecular weight is 398 g/mol. The zero-order valence-electron chi connectivity index (χ0n) is 15.7. The van der Waals surface area contributed by atoms with Crippen LogP contribution in [0, 0.1) is 17.8 Å². The Hall–Kier alpha value is -0.430. The third-order valence-electron chi connectivity index (χ3n) is 6.80. The molecule has 3 fully saturated rings. The van der Waals surface area contributed by atoms with Gasteiger partial charge in [0.2, 0.25) is 0 Å². The Labute approximate surface area is 158 Å². The van der Waals surface area contributed by atoms with E-state index in [-0.39, 0.29) is 44.4 Å². The number of ether oxygens (including phenoxy) is 2. The molecule has 27 heavy (non-hydrogen) atoms. The molecule has 3 aliphatic carbocycles. The zero-order valence-corrected chi connectivity index (χ0v) is 15.7. The third kappa shape index (κ3) is 5.78. The number of alkyl halides is 5. The molecular formula is C20H31F5O2. The number of halogens is 5. The fourth-order valence-corrected chi connectivity index (χ4v) is 5.30. The molecule has 0 amide bonds. The highest BCUT2D eigenvalue weighted by molar-refractivity contribution is 4.89. The van der Waals surface area contributed by atoms with E-state index in [0.717, 1.165) is 12.8 Å². The van der Waals surface area contributed by atoms with Crippen LogP contribution in [0.25, 0.3) is 0 Å². The van der Waals surface area contributed by atoms with Crippen molar-refractivity contribution in [2.45, 2.75) is 108 Å². The first kappa shape index (κ1) is 21.3. The summed E-state index contributed by atoms with van der Waals surface area (Å²) in [6.45, 7) is -2.85. The topological polar surface area (TPSA) is 18.5 Å². The van der Waals surface area contributed by atoms with Crippen LogP contribution in [0.1, 0.15) is 77.0 Å². The molecule has 0 aromatic carbocycles. The molecule has 3 unspecified atom stereocenters. The van der Waals surface area contributed by atoms with Crippen LogP contribution in [0.3, 0.4) is 0 Å². The Bertz CT molecular complexity index is 448. The molecule has 7 heteroatoms. The van der Waals surface area contributed by atoms with Gasteiger partial charge in [-0.3, -0.25) is 0 Å². The summed E-state index contributed by atoms with van der Waals surface area (Å²) in [7, 11) is 0. The normalized spacial score (nSPS) is 36.9. The monoisotopic (exact) mass is 398 g/mol. The van der Waals surface area contributed by atoms with Crippen LogP contribution in [-0.4, -0.2) is 31.1 Å². The van der Waals surface area contributed by atoms with E-state index in [2.05, 4.69) is 4.74 Å². The second-order valence-electron chi connectivity index (χ2n) is 8.57. The van der Waals surface area contributed by atoms with E-state index in [0.29, 0.717) is 12.3 Å².